The fraction of sp³-hybridized carbons (Fsp3) is 0.538. The first kappa shape index (κ1) is 15.0. The first-order chi connectivity index (χ1) is 7.53. The van der Waals surface area contributed by atoms with Gasteiger partial charge in [-0.1, -0.05) is 55.2 Å². The van der Waals surface area contributed by atoms with Gasteiger partial charge in [-0.3, -0.25) is 0 Å². The van der Waals surface area contributed by atoms with Crippen molar-refractivity contribution in [3.8, 4) is 0 Å². The van der Waals surface area contributed by atoms with Crippen LogP contribution in [0.5, 0.6) is 0 Å². The Hall–Kier alpha value is -0.0662. The summed E-state index contributed by atoms with van der Waals surface area (Å²) in [5.41, 5.74) is 2.73. The van der Waals surface area contributed by atoms with Gasteiger partial charge in [0.25, 0.3) is 0 Å². The molecule has 0 aliphatic rings. The molecule has 0 bridgehead atoms. The molecule has 1 aromatic rings. The molecule has 0 saturated carbocycles. The SMILES string of the molecule is Cc1cc(N([Si](C)(C)C)[Si](C)(C)C)ccc1Br. The molecule has 0 radical (unpaired) electrons. The molecule has 1 aromatic carbocycles. The van der Waals surface area contributed by atoms with Gasteiger partial charge < -0.3 is 4.23 Å². The summed E-state index contributed by atoms with van der Waals surface area (Å²) in [6.45, 7) is 16.8. The number of benzene rings is 1. The van der Waals surface area contributed by atoms with E-state index >= 15 is 0 Å². The zero-order valence-electron chi connectivity index (χ0n) is 12.1. The number of halogens is 1. The van der Waals surface area contributed by atoms with Gasteiger partial charge in [-0.2, -0.15) is 0 Å². The van der Waals surface area contributed by atoms with Crippen LogP contribution in [0, 0.1) is 6.92 Å². The quantitative estimate of drug-likeness (QED) is 0.686. The number of anilines is 1. The first-order valence-corrected chi connectivity index (χ1v) is 13.8. The van der Waals surface area contributed by atoms with Gasteiger partial charge >= 0.3 is 0 Å². The van der Waals surface area contributed by atoms with Crippen LogP contribution in [0.4, 0.5) is 5.69 Å². The monoisotopic (exact) mass is 329 g/mol. The third kappa shape index (κ3) is 3.70. The van der Waals surface area contributed by atoms with E-state index in [0.29, 0.717) is 0 Å². The average Bonchev–Trinajstić information content (AvgIpc) is 2.06. The predicted octanol–water partition coefficient (Wildman–Crippen LogP) is 5.23. The Kier molecular flexibility index (Phi) is 4.32. The van der Waals surface area contributed by atoms with Crippen molar-refractivity contribution in [1.29, 1.82) is 0 Å². The molecule has 0 aromatic heterocycles. The maximum atomic E-state index is 3.58. The lowest BCUT2D eigenvalue weighted by molar-refractivity contribution is 1.32. The second-order valence-corrected chi connectivity index (χ2v) is 17.5. The Balaban J connectivity index is 3.29. The van der Waals surface area contributed by atoms with Gasteiger partial charge in [0.1, 0.15) is 16.5 Å². The van der Waals surface area contributed by atoms with Crippen LogP contribution in [0.15, 0.2) is 22.7 Å². The van der Waals surface area contributed by atoms with E-state index in [9.17, 15) is 0 Å². The third-order valence-corrected chi connectivity index (χ3v) is 10.9. The number of nitrogens with zero attached hydrogens (tertiary/aromatic N) is 1. The van der Waals surface area contributed by atoms with E-state index in [0.717, 1.165) is 0 Å². The summed E-state index contributed by atoms with van der Waals surface area (Å²) in [7, 11) is -2.65. The van der Waals surface area contributed by atoms with E-state index in [1.807, 2.05) is 0 Å². The summed E-state index contributed by atoms with van der Waals surface area (Å²) < 4.78 is 3.95. The standard InChI is InChI=1S/C13H24BrNSi2/c1-11-10-12(8-9-13(11)14)15(16(2,3)4)17(5,6)7/h8-10H,1-7H3. The van der Waals surface area contributed by atoms with Crippen LogP contribution in [0.1, 0.15) is 5.56 Å². The second-order valence-electron chi connectivity index (χ2n) is 6.61. The number of hydrogen-bond donors (Lipinski definition) is 0. The Morgan fingerprint density at radius 2 is 1.41 bits per heavy atom. The van der Waals surface area contributed by atoms with Crippen molar-refractivity contribution in [2.75, 3.05) is 4.23 Å². The van der Waals surface area contributed by atoms with E-state index in [-0.39, 0.29) is 0 Å². The summed E-state index contributed by atoms with van der Waals surface area (Å²) in [6, 6.07) is 6.76. The van der Waals surface area contributed by atoms with E-state index in [1.54, 1.807) is 0 Å². The van der Waals surface area contributed by atoms with Gasteiger partial charge in [-0.25, -0.2) is 0 Å². The smallest absolute Gasteiger partial charge is 0.138 e. The molecule has 96 valence electrons. The van der Waals surface area contributed by atoms with Gasteiger partial charge in [0.05, 0.1) is 0 Å². The normalized spacial score (nSPS) is 12.7. The van der Waals surface area contributed by atoms with Crippen LogP contribution in [-0.2, 0) is 0 Å². The highest BCUT2D eigenvalue weighted by molar-refractivity contribution is 9.10. The molecule has 1 nitrogen and oxygen atoms in total. The minimum Gasteiger partial charge on any atom is -0.425 e. The van der Waals surface area contributed by atoms with Gasteiger partial charge in [0.15, 0.2) is 0 Å². The van der Waals surface area contributed by atoms with Crippen molar-refractivity contribution >= 4 is 38.1 Å². The summed E-state index contributed by atoms with van der Waals surface area (Å²) in [6.07, 6.45) is 0. The van der Waals surface area contributed by atoms with Gasteiger partial charge in [0.2, 0.25) is 0 Å². The lowest BCUT2D eigenvalue weighted by Gasteiger charge is -2.46. The van der Waals surface area contributed by atoms with Crippen molar-refractivity contribution in [3.63, 3.8) is 0 Å². The number of rotatable bonds is 3. The second kappa shape index (κ2) is 4.90. The van der Waals surface area contributed by atoms with Gasteiger partial charge in [-0.15, -0.1) is 0 Å². The van der Waals surface area contributed by atoms with Crippen LogP contribution in [0.25, 0.3) is 0 Å². The zero-order chi connectivity index (χ0) is 13.4. The predicted molar refractivity (Wildman–Crippen MR) is 88.1 cm³/mol. The number of hydrogen-bond acceptors (Lipinski definition) is 1. The summed E-state index contributed by atoms with van der Waals surface area (Å²) >= 11 is 3.58. The topological polar surface area (TPSA) is 3.24 Å². The molecule has 0 aliphatic heterocycles. The maximum Gasteiger partial charge on any atom is 0.138 e. The highest BCUT2D eigenvalue weighted by Gasteiger charge is 2.34. The first-order valence-electron chi connectivity index (χ1n) is 6.10. The molecule has 0 aliphatic carbocycles. The third-order valence-electron chi connectivity index (χ3n) is 2.74. The highest BCUT2D eigenvalue weighted by atomic mass is 79.9. The Bertz CT molecular complexity index is 391. The largest absolute Gasteiger partial charge is 0.425 e. The molecule has 0 N–H and O–H groups in total. The van der Waals surface area contributed by atoms with E-state index in [4.69, 9.17) is 0 Å². The van der Waals surface area contributed by atoms with Crippen LogP contribution >= 0.6 is 15.9 Å². The van der Waals surface area contributed by atoms with Crippen molar-refractivity contribution in [1.82, 2.24) is 0 Å². The Labute approximate surface area is 117 Å². The lowest BCUT2D eigenvalue weighted by Crippen LogP contribution is -2.59. The van der Waals surface area contributed by atoms with Crippen molar-refractivity contribution in [2.24, 2.45) is 0 Å². The molecule has 0 heterocycles. The van der Waals surface area contributed by atoms with Crippen LogP contribution in [0.3, 0.4) is 0 Å². The molecule has 0 fully saturated rings. The fourth-order valence-corrected chi connectivity index (χ4v) is 12.7. The van der Waals surface area contributed by atoms with Gasteiger partial charge in [-0.05, 0) is 30.7 Å². The zero-order valence-corrected chi connectivity index (χ0v) is 15.6. The van der Waals surface area contributed by atoms with Crippen LogP contribution in [0.2, 0.25) is 39.3 Å². The number of aryl methyl sites for hydroxylation is 1. The molecular weight excluding hydrogens is 306 g/mol. The minimum atomic E-state index is -1.32. The highest BCUT2D eigenvalue weighted by Crippen LogP contribution is 2.30. The minimum absolute atomic E-state index is 1.20. The lowest BCUT2D eigenvalue weighted by atomic mass is 10.2. The molecule has 4 heteroatoms. The summed E-state index contributed by atoms with van der Waals surface area (Å²) in [4.78, 5) is 0. The van der Waals surface area contributed by atoms with Crippen molar-refractivity contribution in [2.45, 2.75) is 46.2 Å². The summed E-state index contributed by atoms with van der Waals surface area (Å²) in [5.74, 6) is 0. The van der Waals surface area contributed by atoms with Crippen LogP contribution in [-0.4, -0.2) is 16.5 Å². The maximum absolute atomic E-state index is 3.58. The molecule has 0 atom stereocenters. The molecule has 0 amide bonds. The summed E-state index contributed by atoms with van der Waals surface area (Å²) in [5, 5.41) is 0. The molecule has 1 rings (SSSR count). The van der Waals surface area contributed by atoms with Gasteiger partial charge in [0, 0.05) is 10.2 Å². The molecule has 0 unspecified atom stereocenters. The van der Waals surface area contributed by atoms with E-state index in [1.165, 1.54) is 15.7 Å². The molecular formula is C13H24BrNSi2. The Morgan fingerprint density at radius 1 is 0.941 bits per heavy atom. The van der Waals surface area contributed by atoms with Crippen molar-refractivity contribution in [3.05, 3.63) is 28.2 Å². The molecule has 0 spiro atoms. The van der Waals surface area contributed by atoms with E-state index in [2.05, 4.69) is 84.6 Å². The Morgan fingerprint density at radius 3 is 1.76 bits per heavy atom. The molecule has 0 saturated heterocycles. The molecule has 17 heavy (non-hydrogen) atoms. The van der Waals surface area contributed by atoms with Crippen LogP contribution < -0.4 is 4.23 Å². The average molecular weight is 330 g/mol. The van der Waals surface area contributed by atoms with Crippen molar-refractivity contribution < 1.29 is 0 Å². The van der Waals surface area contributed by atoms with E-state index < -0.39 is 16.5 Å². The fourth-order valence-electron chi connectivity index (χ4n) is 2.55.